The van der Waals surface area contributed by atoms with Crippen LogP contribution in [0.3, 0.4) is 0 Å². The van der Waals surface area contributed by atoms with Crippen LogP contribution in [0.4, 0.5) is 0 Å². The molecule has 3 aromatic rings. The largest absolute Gasteiger partial charge is 0.348 e. The minimum Gasteiger partial charge on any atom is -0.348 e. The van der Waals surface area contributed by atoms with Crippen LogP contribution in [0.1, 0.15) is 5.56 Å². The molecule has 25 heavy (non-hydrogen) atoms. The zero-order valence-electron chi connectivity index (χ0n) is 12.9. The molecule has 7 heteroatoms. The first kappa shape index (κ1) is 18.2. The van der Waals surface area contributed by atoms with Gasteiger partial charge in [-0.05, 0) is 5.56 Å². The van der Waals surface area contributed by atoms with Gasteiger partial charge in [0.25, 0.3) is 9.70 Å². The lowest BCUT2D eigenvalue weighted by molar-refractivity contribution is -0.120. The van der Waals surface area contributed by atoms with Crippen molar-refractivity contribution in [3.8, 4) is 21.8 Å². The Morgan fingerprint density at radius 2 is 1.68 bits per heavy atom. The van der Waals surface area contributed by atoms with Crippen molar-refractivity contribution in [1.29, 1.82) is 0 Å². The van der Waals surface area contributed by atoms with Crippen LogP contribution in [-0.4, -0.2) is 14.7 Å². The van der Waals surface area contributed by atoms with Crippen LogP contribution in [0.25, 0.3) is 21.8 Å². The van der Waals surface area contributed by atoms with Gasteiger partial charge in [0.15, 0.2) is 0 Å². The smallest absolute Gasteiger partial charge is 0.272 e. The predicted octanol–water partition coefficient (Wildman–Crippen LogP) is 5.46. The van der Waals surface area contributed by atoms with E-state index in [9.17, 15) is 4.79 Å². The van der Waals surface area contributed by atoms with Gasteiger partial charge in [-0.3, -0.25) is 4.79 Å². The zero-order valence-corrected chi connectivity index (χ0v) is 16.0. The number of halogens is 3. The van der Waals surface area contributed by atoms with E-state index in [2.05, 4.69) is 10.3 Å². The second-order valence-corrected chi connectivity index (χ2v) is 8.42. The Labute approximate surface area is 164 Å². The lowest BCUT2D eigenvalue weighted by Gasteiger charge is -2.11. The summed E-state index contributed by atoms with van der Waals surface area (Å²) in [6.45, 7) is 0.292. The molecule has 2 aromatic carbocycles. The Kier molecular flexibility index (Phi) is 5.64. The first-order valence-electron chi connectivity index (χ1n) is 7.39. The van der Waals surface area contributed by atoms with Gasteiger partial charge < -0.3 is 5.32 Å². The number of hydrogen-bond donors (Lipinski definition) is 1. The van der Waals surface area contributed by atoms with Gasteiger partial charge in [0.1, 0.15) is 5.01 Å². The summed E-state index contributed by atoms with van der Waals surface area (Å²) in [5, 5.41) is 5.56. The molecule has 1 aromatic heterocycles. The fraction of sp³-hybridized carbons (Fsp3) is 0.111. The summed E-state index contributed by atoms with van der Waals surface area (Å²) in [4.78, 5) is 16.2. The molecule has 0 aliphatic heterocycles. The normalized spacial score (nSPS) is 11.3. The van der Waals surface area contributed by atoms with Crippen molar-refractivity contribution in [2.45, 2.75) is 10.3 Å². The van der Waals surface area contributed by atoms with Crippen molar-refractivity contribution in [1.82, 2.24) is 10.3 Å². The van der Waals surface area contributed by atoms with Gasteiger partial charge in [0, 0.05) is 23.1 Å². The van der Waals surface area contributed by atoms with Gasteiger partial charge >= 0.3 is 0 Å². The molecular formula is C18H13Cl3N2OS. The fourth-order valence-electron chi connectivity index (χ4n) is 2.20. The topological polar surface area (TPSA) is 42.0 Å². The molecule has 0 fully saturated rings. The van der Waals surface area contributed by atoms with E-state index < -0.39 is 9.70 Å². The van der Waals surface area contributed by atoms with Crippen molar-refractivity contribution < 1.29 is 4.79 Å². The van der Waals surface area contributed by atoms with Gasteiger partial charge in [-0.15, -0.1) is 11.3 Å². The number of nitrogens with one attached hydrogen (secondary N) is 1. The Morgan fingerprint density at radius 3 is 2.32 bits per heavy atom. The van der Waals surface area contributed by atoms with E-state index in [1.807, 2.05) is 60.0 Å². The summed E-state index contributed by atoms with van der Waals surface area (Å²) in [7, 11) is 0. The SMILES string of the molecule is O=C(NCc1ccc(-c2nc(-c3ccccc3)cs2)cc1)C(Cl)(Cl)Cl. The molecule has 0 atom stereocenters. The summed E-state index contributed by atoms with van der Waals surface area (Å²) in [5.41, 5.74) is 3.98. The predicted molar refractivity (Wildman–Crippen MR) is 105 cm³/mol. The molecule has 0 spiro atoms. The van der Waals surface area contributed by atoms with Crippen LogP contribution in [0.15, 0.2) is 60.0 Å². The standard InChI is InChI=1S/C18H13Cl3N2OS/c19-18(20,21)17(24)22-10-12-6-8-14(9-7-12)16-23-15(11-25-16)13-4-2-1-3-5-13/h1-9,11H,10H2,(H,22,24). The van der Waals surface area contributed by atoms with Gasteiger partial charge in [-0.2, -0.15) is 0 Å². The minimum absolute atomic E-state index is 0.292. The van der Waals surface area contributed by atoms with Crippen molar-refractivity contribution in [2.24, 2.45) is 0 Å². The van der Waals surface area contributed by atoms with Crippen molar-refractivity contribution in [2.75, 3.05) is 0 Å². The molecule has 0 aliphatic rings. The Morgan fingerprint density at radius 1 is 1.00 bits per heavy atom. The molecule has 3 rings (SSSR count). The fourth-order valence-corrected chi connectivity index (χ4v) is 3.23. The number of thiazole rings is 1. The third-order valence-electron chi connectivity index (χ3n) is 3.49. The summed E-state index contributed by atoms with van der Waals surface area (Å²) in [6, 6.07) is 17.8. The second kappa shape index (κ2) is 7.75. The van der Waals surface area contributed by atoms with Gasteiger partial charge in [0.05, 0.1) is 5.69 Å². The molecule has 1 amide bonds. The van der Waals surface area contributed by atoms with Crippen LogP contribution >= 0.6 is 46.1 Å². The van der Waals surface area contributed by atoms with Crippen molar-refractivity contribution in [3.05, 3.63) is 65.5 Å². The van der Waals surface area contributed by atoms with Crippen LogP contribution < -0.4 is 5.32 Å². The number of carbonyl (C=O) groups is 1. The number of amides is 1. The van der Waals surface area contributed by atoms with E-state index in [-0.39, 0.29) is 0 Å². The molecular weight excluding hydrogens is 399 g/mol. The van der Waals surface area contributed by atoms with Crippen LogP contribution in [0, 0.1) is 0 Å². The van der Waals surface area contributed by atoms with Gasteiger partial charge in [-0.1, -0.05) is 89.4 Å². The third-order valence-corrected chi connectivity index (χ3v) is 4.89. The molecule has 0 saturated carbocycles. The first-order chi connectivity index (χ1) is 11.9. The number of rotatable bonds is 4. The summed E-state index contributed by atoms with van der Waals surface area (Å²) < 4.78 is -1.95. The zero-order chi connectivity index (χ0) is 17.9. The lowest BCUT2D eigenvalue weighted by atomic mass is 10.1. The van der Waals surface area contributed by atoms with E-state index in [0.717, 1.165) is 27.4 Å². The Bertz CT molecular complexity index is 858. The van der Waals surface area contributed by atoms with Gasteiger partial charge in [0.2, 0.25) is 0 Å². The molecule has 0 bridgehead atoms. The third kappa shape index (κ3) is 4.73. The highest BCUT2D eigenvalue weighted by Gasteiger charge is 2.30. The average molecular weight is 412 g/mol. The first-order valence-corrected chi connectivity index (χ1v) is 9.40. The highest BCUT2D eigenvalue weighted by atomic mass is 35.6. The monoisotopic (exact) mass is 410 g/mol. The highest BCUT2D eigenvalue weighted by Crippen LogP contribution is 2.29. The van der Waals surface area contributed by atoms with Crippen LogP contribution in [-0.2, 0) is 11.3 Å². The number of alkyl halides is 3. The highest BCUT2D eigenvalue weighted by molar-refractivity contribution is 7.13. The Hall–Kier alpha value is -1.59. The second-order valence-electron chi connectivity index (χ2n) is 5.28. The van der Waals surface area contributed by atoms with Crippen LogP contribution in [0.5, 0.6) is 0 Å². The molecule has 0 saturated heterocycles. The summed E-state index contributed by atoms with van der Waals surface area (Å²) in [5.74, 6) is -0.644. The lowest BCUT2D eigenvalue weighted by Crippen LogP contribution is -2.33. The Balaban J connectivity index is 1.69. The van der Waals surface area contributed by atoms with E-state index in [0.29, 0.717) is 6.54 Å². The number of carbonyl (C=O) groups excluding carboxylic acids is 1. The van der Waals surface area contributed by atoms with E-state index >= 15 is 0 Å². The van der Waals surface area contributed by atoms with Crippen molar-refractivity contribution in [3.63, 3.8) is 0 Å². The van der Waals surface area contributed by atoms with Crippen molar-refractivity contribution >= 4 is 52.0 Å². The number of nitrogens with zero attached hydrogens (tertiary/aromatic N) is 1. The average Bonchev–Trinajstić information content (AvgIpc) is 3.10. The molecule has 3 nitrogen and oxygen atoms in total. The molecule has 0 radical (unpaired) electrons. The summed E-state index contributed by atoms with van der Waals surface area (Å²) >= 11 is 18.2. The molecule has 1 heterocycles. The maximum absolute atomic E-state index is 11.5. The number of aromatic nitrogens is 1. The molecule has 128 valence electrons. The number of hydrogen-bond acceptors (Lipinski definition) is 3. The van der Waals surface area contributed by atoms with Gasteiger partial charge in [-0.25, -0.2) is 4.98 Å². The minimum atomic E-state index is -1.95. The quantitative estimate of drug-likeness (QED) is 0.579. The van der Waals surface area contributed by atoms with E-state index in [1.165, 1.54) is 0 Å². The van der Waals surface area contributed by atoms with E-state index in [4.69, 9.17) is 34.8 Å². The summed E-state index contributed by atoms with van der Waals surface area (Å²) in [6.07, 6.45) is 0. The number of benzene rings is 2. The molecule has 0 aliphatic carbocycles. The van der Waals surface area contributed by atoms with E-state index in [1.54, 1.807) is 11.3 Å². The van der Waals surface area contributed by atoms with Crippen LogP contribution in [0.2, 0.25) is 0 Å². The maximum Gasteiger partial charge on any atom is 0.272 e. The molecule has 1 N–H and O–H groups in total. The maximum atomic E-state index is 11.5. The molecule has 0 unspecified atom stereocenters.